The van der Waals surface area contributed by atoms with Gasteiger partial charge in [0.25, 0.3) is 0 Å². The van der Waals surface area contributed by atoms with Gasteiger partial charge in [0, 0.05) is 5.75 Å². The van der Waals surface area contributed by atoms with Crippen LogP contribution in [0.15, 0.2) is 36.5 Å². The molecule has 0 saturated carbocycles. The molecule has 1 aromatic carbocycles. The Kier molecular flexibility index (Phi) is 2.31. The summed E-state index contributed by atoms with van der Waals surface area (Å²) in [7, 11) is 0. The second kappa shape index (κ2) is 3.62. The molecule has 0 unspecified atom stereocenters. The van der Waals surface area contributed by atoms with Crippen molar-refractivity contribution in [3.8, 4) is 5.69 Å². The van der Waals surface area contributed by atoms with Crippen LogP contribution in [0.4, 0.5) is 0 Å². The highest BCUT2D eigenvalue weighted by atomic mass is 32.1. The Labute approximate surface area is 81.8 Å². The van der Waals surface area contributed by atoms with Gasteiger partial charge < -0.3 is 0 Å². The van der Waals surface area contributed by atoms with Crippen molar-refractivity contribution in [2.45, 2.75) is 5.75 Å². The van der Waals surface area contributed by atoms with Crippen LogP contribution in [-0.4, -0.2) is 15.0 Å². The lowest BCUT2D eigenvalue weighted by molar-refractivity contribution is 0.800. The second-order valence-corrected chi connectivity index (χ2v) is 2.96. The predicted octanol–water partition coefficient (Wildman–Crippen LogP) is 1.70. The van der Waals surface area contributed by atoms with Crippen LogP contribution in [0.1, 0.15) is 5.69 Å². The lowest BCUT2D eigenvalue weighted by atomic mass is 10.3. The fourth-order valence-corrected chi connectivity index (χ4v) is 1.22. The van der Waals surface area contributed by atoms with Crippen molar-refractivity contribution in [3.05, 3.63) is 42.2 Å². The number of hydrogen-bond acceptors (Lipinski definition) is 3. The normalized spacial score (nSPS) is 10.2. The van der Waals surface area contributed by atoms with Crippen LogP contribution in [0.2, 0.25) is 0 Å². The molecule has 0 fully saturated rings. The van der Waals surface area contributed by atoms with E-state index in [0.29, 0.717) is 5.75 Å². The van der Waals surface area contributed by atoms with E-state index in [1.54, 1.807) is 4.68 Å². The van der Waals surface area contributed by atoms with E-state index < -0.39 is 0 Å². The maximum absolute atomic E-state index is 4.12. The third-order valence-electron chi connectivity index (χ3n) is 1.72. The van der Waals surface area contributed by atoms with Crippen LogP contribution >= 0.6 is 12.6 Å². The molecule has 0 N–H and O–H groups in total. The van der Waals surface area contributed by atoms with Gasteiger partial charge in [-0.15, -0.1) is 5.10 Å². The van der Waals surface area contributed by atoms with Crippen molar-refractivity contribution in [2.24, 2.45) is 0 Å². The van der Waals surface area contributed by atoms with Gasteiger partial charge in [-0.05, 0) is 12.1 Å². The third-order valence-corrected chi connectivity index (χ3v) is 2.05. The lowest BCUT2D eigenvalue weighted by Crippen LogP contribution is -1.93. The SMILES string of the molecule is SCc1cn(-c2ccccc2)nn1. The predicted molar refractivity (Wildman–Crippen MR) is 54.0 cm³/mol. The first-order chi connectivity index (χ1) is 6.40. The summed E-state index contributed by atoms with van der Waals surface area (Å²) < 4.78 is 1.74. The van der Waals surface area contributed by atoms with Crippen LogP contribution in [0.3, 0.4) is 0 Å². The Morgan fingerprint density at radius 1 is 1.23 bits per heavy atom. The summed E-state index contributed by atoms with van der Waals surface area (Å²) >= 11 is 4.12. The van der Waals surface area contributed by atoms with Gasteiger partial charge >= 0.3 is 0 Å². The van der Waals surface area contributed by atoms with E-state index in [-0.39, 0.29) is 0 Å². The zero-order valence-electron chi connectivity index (χ0n) is 6.96. The number of thiol groups is 1. The van der Waals surface area contributed by atoms with Gasteiger partial charge in [-0.1, -0.05) is 23.4 Å². The highest BCUT2D eigenvalue weighted by Gasteiger charge is 1.99. The molecule has 0 spiro atoms. The van der Waals surface area contributed by atoms with Crippen molar-refractivity contribution in [2.75, 3.05) is 0 Å². The summed E-state index contributed by atoms with van der Waals surface area (Å²) in [5.74, 6) is 0.618. The number of benzene rings is 1. The maximum Gasteiger partial charge on any atom is 0.0927 e. The highest BCUT2D eigenvalue weighted by Crippen LogP contribution is 2.06. The zero-order chi connectivity index (χ0) is 9.10. The Morgan fingerprint density at radius 2 is 2.00 bits per heavy atom. The monoisotopic (exact) mass is 191 g/mol. The maximum atomic E-state index is 4.12. The van der Waals surface area contributed by atoms with Crippen LogP contribution in [0.25, 0.3) is 5.69 Å². The average molecular weight is 191 g/mol. The molecular weight excluding hydrogens is 182 g/mol. The molecule has 3 nitrogen and oxygen atoms in total. The fourth-order valence-electron chi connectivity index (χ4n) is 1.08. The smallest absolute Gasteiger partial charge is 0.0927 e. The molecule has 2 aromatic rings. The molecule has 0 aliphatic rings. The summed E-state index contributed by atoms with van der Waals surface area (Å²) in [5, 5.41) is 7.92. The van der Waals surface area contributed by atoms with E-state index in [1.165, 1.54) is 0 Å². The summed E-state index contributed by atoms with van der Waals surface area (Å²) in [6.07, 6.45) is 1.88. The number of nitrogens with zero attached hydrogens (tertiary/aromatic N) is 3. The minimum atomic E-state index is 0.618. The molecule has 1 aromatic heterocycles. The minimum Gasteiger partial charge on any atom is -0.220 e. The van der Waals surface area contributed by atoms with Gasteiger partial charge in [-0.2, -0.15) is 12.6 Å². The molecule has 0 aliphatic carbocycles. The van der Waals surface area contributed by atoms with Crippen LogP contribution < -0.4 is 0 Å². The quantitative estimate of drug-likeness (QED) is 0.732. The standard InChI is InChI=1S/C9H9N3S/c13-7-8-6-12(11-10-8)9-4-2-1-3-5-9/h1-6,13H,7H2. The second-order valence-electron chi connectivity index (χ2n) is 2.65. The Bertz CT molecular complexity index is 383. The molecule has 4 heteroatoms. The average Bonchev–Trinajstić information content (AvgIpc) is 2.67. The van der Waals surface area contributed by atoms with Crippen molar-refractivity contribution < 1.29 is 0 Å². The summed E-state index contributed by atoms with van der Waals surface area (Å²) in [6, 6.07) is 9.88. The minimum absolute atomic E-state index is 0.618. The van der Waals surface area contributed by atoms with Gasteiger partial charge in [0.1, 0.15) is 0 Å². The molecule has 0 atom stereocenters. The van der Waals surface area contributed by atoms with Gasteiger partial charge in [0.2, 0.25) is 0 Å². The Morgan fingerprint density at radius 3 is 2.62 bits per heavy atom. The Balaban J connectivity index is 2.36. The van der Waals surface area contributed by atoms with E-state index >= 15 is 0 Å². The molecule has 0 bridgehead atoms. The van der Waals surface area contributed by atoms with E-state index in [0.717, 1.165) is 11.4 Å². The van der Waals surface area contributed by atoms with Gasteiger partial charge in [-0.3, -0.25) is 0 Å². The summed E-state index contributed by atoms with van der Waals surface area (Å²) in [6.45, 7) is 0. The first-order valence-electron chi connectivity index (χ1n) is 3.97. The number of rotatable bonds is 2. The third kappa shape index (κ3) is 1.72. The van der Waals surface area contributed by atoms with E-state index in [2.05, 4.69) is 22.9 Å². The van der Waals surface area contributed by atoms with E-state index in [1.807, 2.05) is 36.5 Å². The summed E-state index contributed by atoms with van der Waals surface area (Å²) in [4.78, 5) is 0. The molecule has 13 heavy (non-hydrogen) atoms. The van der Waals surface area contributed by atoms with Gasteiger partial charge in [-0.25, -0.2) is 4.68 Å². The first-order valence-corrected chi connectivity index (χ1v) is 4.61. The Hall–Kier alpha value is -1.29. The van der Waals surface area contributed by atoms with E-state index in [9.17, 15) is 0 Å². The highest BCUT2D eigenvalue weighted by molar-refractivity contribution is 7.79. The number of aromatic nitrogens is 3. The first kappa shape index (κ1) is 8.31. The molecule has 0 amide bonds. The van der Waals surface area contributed by atoms with Gasteiger partial charge in [0.05, 0.1) is 17.6 Å². The fraction of sp³-hybridized carbons (Fsp3) is 0.111. The molecule has 1 heterocycles. The molecule has 0 aliphatic heterocycles. The number of hydrogen-bond donors (Lipinski definition) is 1. The van der Waals surface area contributed by atoms with E-state index in [4.69, 9.17) is 0 Å². The van der Waals surface area contributed by atoms with Crippen molar-refractivity contribution in [3.63, 3.8) is 0 Å². The molecule has 0 radical (unpaired) electrons. The van der Waals surface area contributed by atoms with Crippen molar-refractivity contribution >= 4 is 12.6 Å². The summed E-state index contributed by atoms with van der Waals surface area (Å²) in [5.41, 5.74) is 1.90. The van der Waals surface area contributed by atoms with Crippen LogP contribution in [0.5, 0.6) is 0 Å². The molecule has 2 rings (SSSR count). The zero-order valence-corrected chi connectivity index (χ0v) is 7.85. The largest absolute Gasteiger partial charge is 0.220 e. The molecule has 66 valence electrons. The van der Waals surface area contributed by atoms with Crippen molar-refractivity contribution in [1.29, 1.82) is 0 Å². The molecule has 0 saturated heterocycles. The molecular formula is C9H9N3S. The lowest BCUT2D eigenvalue weighted by Gasteiger charge is -1.96. The van der Waals surface area contributed by atoms with Crippen LogP contribution in [-0.2, 0) is 5.75 Å². The number of para-hydroxylation sites is 1. The van der Waals surface area contributed by atoms with Crippen molar-refractivity contribution in [1.82, 2.24) is 15.0 Å². The van der Waals surface area contributed by atoms with Gasteiger partial charge in [0.15, 0.2) is 0 Å². The van der Waals surface area contributed by atoms with Crippen LogP contribution in [0, 0.1) is 0 Å². The topological polar surface area (TPSA) is 30.7 Å².